The van der Waals surface area contributed by atoms with Gasteiger partial charge >= 0.3 is 0 Å². The highest BCUT2D eigenvalue weighted by Gasteiger charge is 2.32. The molecule has 0 fully saturated rings. The molecule has 0 atom stereocenters. The molecule has 1 aromatic rings. The second-order valence-corrected chi connectivity index (χ2v) is 5.62. The number of carbonyl (C=O) groups excluding carboxylic acids is 1. The van der Waals surface area contributed by atoms with Gasteiger partial charge in [-0.15, -0.1) is 11.3 Å². The molecule has 4 nitrogen and oxygen atoms in total. The zero-order valence-electron chi connectivity index (χ0n) is 11.5. The Balaban J connectivity index is 2.45. The standard InChI is InChI=1S/C13H23N3OS/c1-4-13(5-2,9-14)12(17)15-7-6-11-8-18-10(3)16-11/h8H,4-7,9,14H2,1-3H3,(H,15,17). The fourth-order valence-electron chi connectivity index (χ4n) is 1.97. The fraction of sp³-hybridized carbons (Fsp3) is 0.692. The van der Waals surface area contributed by atoms with Crippen LogP contribution < -0.4 is 11.1 Å². The summed E-state index contributed by atoms with van der Waals surface area (Å²) in [6.45, 7) is 7.05. The van der Waals surface area contributed by atoms with E-state index in [-0.39, 0.29) is 5.91 Å². The van der Waals surface area contributed by atoms with Gasteiger partial charge in [0, 0.05) is 24.9 Å². The molecule has 0 aliphatic rings. The van der Waals surface area contributed by atoms with Gasteiger partial charge in [-0.05, 0) is 19.8 Å². The molecule has 0 saturated heterocycles. The molecule has 1 heterocycles. The number of nitrogens with one attached hydrogen (secondary N) is 1. The maximum absolute atomic E-state index is 12.1. The second kappa shape index (κ2) is 6.85. The van der Waals surface area contributed by atoms with E-state index in [1.165, 1.54) is 0 Å². The molecule has 1 aromatic heterocycles. The zero-order valence-corrected chi connectivity index (χ0v) is 12.3. The third kappa shape index (κ3) is 3.53. The number of carbonyl (C=O) groups is 1. The summed E-state index contributed by atoms with van der Waals surface area (Å²) in [6, 6.07) is 0. The van der Waals surface area contributed by atoms with E-state index in [1.54, 1.807) is 11.3 Å². The molecule has 0 radical (unpaired) electrons. The van der Waals surface area contributed by atoms with Crippen molar-refractivity contribution in [3.8, 4) is 0 Å². The van der Waals surface area contributed by atoms with Crippen LogP contribution in [0.5, 0.6) is 0 Å². The molecule has 0 bridgehead atoms. The van der Waals surface area contributed by atoms with Gasteiger partial charge in [0.2, 0.25) is 5.91 Å². The number of thiazole rings is 1. The van der Waals surface area contributed by atoms with Crippen LogP contribution >= 0.6 is 11.3 Å². The monoisotopic (exact) mass is 269 g/mol. The van der Waals surface area contributed by atoms with Gasteiger partial charge in [-0.2, -0.15) is 0 Å². The number of hydrogen-bond acceptors (Lipinski definition) is 4. The van der Waals surface area contributed by atoms with Gasteiger partial charge in [0.25, 0.3) is 0 Å². The highest BCUT2D eigenvalue weighted by Crippen LogP contribution is 2.24. The van der Waals surface area contributed by atoms with Gasteiger partial charge in [0.15, 0.2) is 0 Å². The maximum Gasteiger partial charge on any atom is 0.227 e. The van der Waals surface area contributed by atoms with Gasteiger partial charge in [0.05, 0.1) is 16.1 Å². The molecule has 3 N–H and O–H groups in total. The molecule has 0 aliphatic carbocycles. The predicted molar refractivity (Wildman–Crippen MR) is 75.6 cm³/mol. The van der Waals surface area contributed by atoms with E-state index >= 15 is 0 Å². The molecule has 0 unspecified atom stereocenters. The Morgan fingerprint density at radius 1 is 1.50 bits per heavy atom. The normalized spacial score (nSPS) is 11.6. The van der Waals surface area contributed by atoms with Crippen molar-refractivity contribution in [1.29, 1.82) is 0 Å². The number of nitrogens with two attached hydrogens (primary N) is 1. The van der Waals surface area contributed by atoms with Crippen molar-refractivity contribution in [3.05, 3.63) is 16.1 Å². The first-order valence-electron chi connectivity index (χ1n) is 6.47. The van der Waals surface area contributed by atoms with E-state index in [2.05, 4.69) is 10.3 Å². The van der Waals surface area contributed by atoms with Crippen LogP contribution in [-0.2, 0) is 11.2 Å². The summed E-state index contributed by atoms with van der Waals surface area (Å²) in [5.74, 6) is 0.0713. The zero-order chi connectivity index (χ0) is 13.6. The van der Waals surface area contributed by atoms with Crippen LogP contribution in [0.15, 0.2) is 5.38 Å². The molecular formula is C13H23N3OS. The summed E-state index contributed by atoms with van der Waals surface area (Å²) in [5, 5.41) is 6.08. The Kier molecular flexibility index (Phi) is 5.75. The van der Waals surface area contributed by atoms with Crippen LogP contribution in [0.4, 0.5) is 0 Å². The third-order valence-corrected chi connectivity index (χ3v) is 4.38. The number of aromatic nitrogens is 1. The maximum atomic E-state index is 12.1. The quantitative estimate of drug-likeness (QED) is 0.794. The number of amides is 1. The summed E-state index contributed by atoms with van der Waals surface area (Å²) < 4.78 is 0. The summed E-state index contributed by atoms with van der Waals surface area (Å²) in [6.07, 6.45) is 2.34. The van der Waals surface area contributed by atoms with Crippen molar-refractivity contribution in [2.24, 2.45) is 11.1 Å². The minimum Gasteiger partial charge on any atom is -0.355 e. The molecule has 0 saturated carbocycles. The summed E-state index contributed by atoms with van der Waals surface area (Å²) in [4.78, 5) is 16.5. The molecule has 1 rings (SSSR count). The van der Waals surface area contributed by atoms with Crippen molar-refractivity contribution < 1.29 is 4.79 Å². The number of nitrogens with zero attached hydrogens (tertiary/aromatic N) is 1. The fourth-order valence-corrected chi connectivity index (χ4v) is 2.61. The van der Waals surface area contributed by atoms with E-state index in [9.17, 15) is 4.79 Å². The Hall–Kier alpha value is -0.940. The highest BCUT2D eigenvalue weighted by molar-refractivity contribution is 7.09. The average Bonchev–Trinajstić information content (AvgIpc) is 2.78. The lowest BCUT2D eigenvalue weighted by atomic mass is 9.81. The largest absolute Gasteiger partial charge is 0.355 e. The van der Waals surface area contributed by atoms with Crippen LogP contribution in [-0.4, -0.2) is 24.0 Å². The van der Waals surface area contributed by atoms with Crippen molar-refractivity contribution >= 4 is 17.2 Å². The molecule has 1 amide bonds. The van der Waals surface area contributed by atoms with Gasteiger partial charge in [-0.1, -0.05) is 13.8 Å². The van der Waals surface area contributed by atoms with Crippen LogP contribution in [0.25, 0.3) is 0 Å². The van der Waals surface area contributed by atoms with Crippen LogP contribution in [0.3, 0.4) is 0 Å². The number of rotatable bonds is 7. The van der Waals surface area contributed by atoms with Crippen molar-refractivity contribution in [3.63, 3.8) is 0 Å². The minimum atomic E-state index is -0.405. The summed E-state index contributed by atoms with van der Waals surface area (Å²) in [7, 11) is 0. The molecule has 18 heavy (non-hydrogen) atoms. The Morgan fingerprint density at radius 3 is 2.61 bits per heavy atom. The Labute approximate surface area is 113 Å². The molecule has 0 aliphatic heterocycles. The molecule has 0 spiro atoms. The van der Waals surface area contributed by atoms with Gasteiger partial charge in [-0.25, -0.2) is 4.98 Å². The lowest BCUT2D eigenvalue weighted by molar-refractivity contribution is -0.131. The average molecular weight is 269 g/mol. The SMILES string of the molecule is CCC(CC)(CN)C(=O)NCCc1csc(C)n1. The van der Waals surface area contributed by atoms with Crippen molar-refractivity contribution in [1.82, 2.24) is 10.3 Å². The molecule has 0 aromatic carbocycles. The molecule has 5 heteroatoms. The lowest BCUT2D eigenvalue weighted by Gasteiger charge is -2.28. The lowest BCUT2D eigenvalue weighted by Crippen LogP contribution is -2.45. The Morgan fingerprint density at radius 2 is 2.17 bits per heavy atom. The first kappa shape index (κ1) is 15.1. The van der Waals surface area contributed by atoms with E-state index in [1.807, 2.05) is 26.2 Å². The van der Waals surface area contributed by atoms with Gasteiger partial charge in [0.1, 0.15) is 0 Å². The topological polar surface area (TPSA) is 68.0 Å². The first-order chi connectivity index (χ1) is 8.57. The number of hydrogen-bond donors (Lipinski definition) is 2. The predicted octanol–water partition coefficient (Wildman–Crippen LogP) is 1.88. The third-order valence-electron chi connectivity index (χ3n) is 3.56. The van der Waals surface area contributed by atoms with Crippen LogP contribution in [0.2, 0.25) is 0 Å². The molecule has 102 valence electrons. The van der Waals surface area contributed by atoms with E-state index in [4.69, 9.17) is 5.73 Å². The summed E-state index contributed by atoms with van der Waals surface area (Å²) in [5.41, 5.74) is 6.39. The highest BCUT2D eigenvalue weighted by atomic mass is 32.1. The van der Waals surface area contributed by atoms with Gasteiger partial charge < -0.3 is 11.1 Å². The van der Waals surface area contributed by atoms with Crippen molar-refractivity contribution in [2.45, 2.75) is 40.0 Å². The van der Waals surface area contributed by atoms with E-state index in [0.29, 0.717) is 13.1 Å². The first-order valence-corrected chi connectivity index (χ1v) is 7.35. The second-order valence-electron chi connectivity index (χ2n) is 4.56. The van der Waals surface area contributed by atoms with E-state index < -0.39 is 5.41 Å². The summed E-state index contributed by atoms with van der Waals surface area (Å²) >= 11 is 1.64. The number of aryl methyl sites for hydroxylation is 1. The van der Waals surface area contributed by atoms with Crippen LogP contribution in [0.1, 0.15) is 37.4 Å². The Bertz CT molecular complexity index is 377. The van der Waals surface area contributed by atoms with Gasteiger partial charge in [-0.3, -0.25) is 4.79 Å². The van der Waals surface area contributed by atoms with E-state index in [0.717, 1.165) is 30.0 Å². The minimum absolute atomic E-state index is 0.0713. The van der Waals surface area contributed by atoms with Crippen molar-refractivity contribution in [2.75, 3.05) is 13.1 Å². The molecular weight excluding hydrogens is 246 g/mol. The van der Waals surface area contributed by atoms with Crippen LogP contribution in [0, 0.1) is 12.3 Å². The smallest absolute Gasteiger partial charge is 0.227 e.